The molecule has 2 aromatic heterocycles. The lowest BCUT2D eigenvalue weighted by Crippen LogP contribution is -2.23. The van der Waals surface area contributed by atoms with Gasteiger partial charge in [0.2, 0.25) is 0 Å². The van der Waals surface area contributed by atoms with Crippen LogP contribution in [0.4, 0.5) is 5.82 Å². The van der Waals surface area contributed by atoms with E-state index in [-0.39, 0.29) is 11.9 Å². The van der Waals surface area contributed by atoms with Crippen LogP contribution in [0, 0.1) is 0 Å². The minimum absolute atomic E-state index is 0.175. The summed E-state index contributed by atoms with van der Waals surface area (Å²) in [5.41, 5.74) is 0.301. The number of carbonyl (C=O) groups excluding carboxylic acids is 1. The summed E-state index contributed by atoms with van der Waals surface area (Å²) in [6.07, 6.45) is 5.40. The topological polar surface area (TPSA) is 84.7 Å². The summed E-state index contributed by atoms with van der Waals surface area (Å²) in [5.74, 6) is 0.394. The molecule has 0 aliphatic carbocycles. The Morgan fingerprint density at radius 2 is 2.26 bits per heavy atom. The maximum atomic E-state index is 11.3. The molecule has 0 fully saturated rings. The van der Waals surface area contributed by atoms with Gasteiger partial charge in [-0.15, -0.1) is 10.2 Å². The number of hydrogen-bond donors (Lipinski definition) is 2. The van der Waals surface area contributed by atoms with E-state index in [4.69, 9.17) is 0 Å². The lowest BCUT2D eigenvalue weighted by molar-refractivity contribution is 0.0957. The van der Waals surface area contributed by atoms with Crippen molar-refractivity contribution in [2.45, 2.75) is 19.5 Å². The van der Waals surface area contributed by atoms with Crippen molar-refractivity contribution in [2.24, 2.45) is 0 Å². The minimum Gasteiger partial charge on any atom is -0.364 e. The van der Waals surface area contributed by atoms with Crippen molar-refractivity contribution in [3.8, 4) is 0 Å². The third kappa shape index (κ3) is 3.51. The molecular formula is C12H16N6O. The normalized spacial score (nSPS) is 11.9. The lowest BCUT2D eigenvalue weighted by atomic mass is 10.3. The molecule has 19 heavy (non-hydrogen) atoms. The zero-order valence-electron chi connectivity index (χ0n) is 10.9. The molecule has 0 radical (unpaired) electrons. The number of hydrogen-bond acceptors (Lipinski definition) is 5. The Bertz CT molecular complexity index is 522. The Labute approximate surface area is 111 Å². The number of aromatic nitrogens is 4. The molecule has 0 saturated heterocycles. The van der Waals surface area contributed by atoms with E-state index in [1.807, 2.05) is 17.7 Å². The van der Waals surface area contributed by atoms with Crippen LogP contribution >= 0.6 is 0 Å². The fourth-order valence-corrected chi connectivity index (χ4v) is 1.67. The van der Waals surface area contributed by atoms with Gasteiger partial charge >= 0.3 is 0 Å². The second-order valence-electron chi connectivity index (χ2n) is 4.19. The standard InChI is InChI=1S/C12H16N6O/c1-9(7-18-6-5-14-8-18)15-11-4-3-10(16-17-11)12(19)13-2/h3-6,8-9H,7H2,1-2H3,(H,13,19)(H,15,17). The smallest absolute Gasteiger partial charge is 0.271 e. The van der Waals surface area contributed by atoms with Gasteiger partial charge in [0.05, 0.1) is 6.33 Å². The van der Waals surface area contributed by atoms with Gasteiger partial charge in [0.15, 0.2) is 5.69 Å². The largest absolute Gasteiger partial charge is 0.364 e. The molecule has 2 N–H and O–H groups in total. The van der Waals surface area contributed by atoms with E-state index in [0.717, 1.165) is 6.54 Å². The van der Waals surface area contributed by atoms with Crippen LogP contribution in [-0.4, -0.2) is 38.7 Å². The molecule has 0 saturated carbocycles. The molecule has 7 heteroatoms. The van der Waals surface area contributed by atoms with Gasteiger partial charge in [0, 0.05) is 32.0 Å². The van der Waals surface area contributed by atoms with Crippen molar-refractivity contribution in [1.29, 1.82) is 0 Å². The number of imidazole rings is 1. The van der Waals surface area contributed by atoms with E-state index in [9.17, 15) is 4.79 Å². The van der Waals surface area contributed by atoms with Gasteiger partial charge < -0.3 is 15.2 Å². The second-order valence-corrected chi connectivity index (χ2v) is 4.19. The van der Waals surface area contributed by atoms with Crippen molar-refractivity contribution in [1.82, 2.24) is 25.1 Å². The summed E-state index contributed by atoms with van der Waals surface area (Å²) in [6, 6.07) is 3.55. The van der Waals surface area contributed by atoms with Crippen LogP contribution in [-0.2, 0) is 6.54 Å². The molecule has 100 valence electrons. The van der Waals surface area contributed by atoms with Gasteiger partial charge in [-0.3, -0.25) is 4.79 Å². The summed E-state index contributed by atoms with van der Waals surface area (Å²) in [7, 11) is 1.56. The number of nitrogens with zero attached hydrogens (tertiary/aromatic N) is 4. The molecule has 2 heterocycles. The van der Waals surface area contributed by atoms with Crippen molar-refractivity contribution in [3.05, 3.63) is 36.5 Å². The van der Waals surface area contributed by atoms with Gasteiger partial charge in [0.1, 0.15) is 5.82 Å². The molecule has 7 nitrogen and oxygen atoms in total. The highest BCUT2D eigenvalue weighted by molar-refractivity contribution is 5.91. The summed E-state index contributed by atoms with van der Waals surface area (Å²) in [6.45, 7) is 2.81. The van der Waals surface area contributed by atoms with Crippen molar-refractivity contribution in [2.75, 3.05) is 12.4 Å². The first-order chi connectivity index (χ1) is 9.19. The average molecular weight is 260 g/mol. The van der Waals surface area contributed by atoms with E-state index >= 15 is 0 Å². The quantitative estimate of drug-likeness (QED) is 0.819. The summed E-state index contributed by atoms with van der Waals surface area (Å²) in [4.78, 5) is 15.3. The van der Waals surface area contributed by atoms with Crippen molar-refractivity contribution >= 4 is 11.7 Å². The number of nitrogens with one attached hydrogen (secondary N) is 2. The third-order valence-electron chi connectivity index (χ3n) is 2.56. The Kier molecular flexibility index (Phi) is 4.07. The average Bonchev–Trinajstić information content (AvgIpc) is 2.91. The van der Waals surface area contributed by atoms with Crippen LogP contribution in [0.1, 0.15) is 17.4 Å². The predicted molar refractivity (Wildman–Crippen MR) is 70.7 cm³/mol. The maximum Gasteiger partial charge on any atom is 0.271 e. The Hall–Kier alpha value is -2.44. The molecule has 0 aromatic carbocycles. The van der Waals surface area contributed by atoms with E-state index in [1.165, 1.54) is 0 Å². The molecule has 1 amide bonds. The lowest BCUT2D eigenvalue weighted by Gasteiger charge is -2.14. The Morgan fingerprint density at radius 3 is 2.84 bits per heavy atom. The molecule has 0 aliphatic rings. The molecule has 0 spiro atoms. The molecule has 0 aliphatic heterocycles. The third-order valence-corrected chi connectivity index (χ3v) is 2.56. The zero-order chi connectivity index (χ0) is 13.7. The first kappa shape index (κ1) is 13.0. The van der Waals surface area contributed by atoms with Gasteiger partial charge in [-0.2, -0.15) is 0 Å². The number of carbonyl (C=O) groups is 1. The highest BCUT2D eigenvalue weighted by Gasteiger charge is 2.07. The molecule has 1 atom stereocenters. The van der Waals surface area contributed by atoms with E-state index in [0.29, 0.717) is 11.5 Å². The van der Waals surface area contributed by atoms with Crippen LogP contribution in [0.5, 0.6) is 0 Å². The number of amides is 1. The fourth-order valence-electron chi connectivity index (χ4n) is 1.67. The molecule has 0 bridgehead atoms. The first-order valence-corrected chi connectivity index (χ1v) is 5.97. The molecular weight excluding hydrogens is 244 g/mol. The molecule has 1 unspecified atom stereocenters. The summed E-state index contributed by atoms with van der Waals surface area (Å²) in [5, 5.41) is 13.5. The summed E-state index contributed by atoms with van der Waals surface area (Å²) < 4.78 is 1.98. The molecule has 2 rings (SSSR count). The highest BCUT2D eigenvalue weighted by atomic mass is 16.1. The second kappa shape index (κ2) is 5.94. The van der Waals surface area contributed by atoms with Crippen molar-refractivity contribution in [3.63, 3.8) is 0 Å². The van der Waals surface area contributed by atoms with Crippen LogP contribution in [0.2, 0.25) is 0 Å². The predicted octanol–water partition coefficient (Wildman–Crippen LogP) is 0.533. The van der Waals surface area contributed by atoms with Crippen LogP contribution in [0.15, 0.2) is 30.9 Å². The van der Waals surface area contributed by atoms with Crippen LogP contribution < -0.4 is 10.6 Å². The van der Waals surface area contributed by atoms with Crippen LogP contribution in [0.25, 0.3) is 0 Å². The first-order valence-electron chi connectivity index (χ1n) is 5.97. The highest BCUT2D eigenvalue weighted by Crippen LogP contribution is 2.05. The van der Waals surface area contributed by atoms with Gasteiger partial charge in [-0.05, 0) is 19.1 Å². The van der Waals surface area contributed by atoms with Gasteiger partial charge in [0.25, 0.3) is 5.91 Å². The van der Waals surface area contributed by atoms with Crippen LogP contribution in [0.3, 0.4) is 0 Å². The van der Waals surface area contributed by atoms with E-state index in [1.54, 1.807) is 31.7 Å². The van der Waals surface area contributed by atoms with Crippen molar-refractivity contribution < 1.29 is 4.79 Å². The minimum atomic E-state index is -0.245. The Morgan fingerprint density at radius 1 is 1.42 bits per heavy atom. The number of rotatable bonds is 5. The van der Waals surface area contributed by atoms with Gasteiger partial charge in [-0.25, -0.2) is 4.98 Å². The van der Waals surface area contributed by atoms with E-state index < -0.39 is 0 Å². The van der Waals surface area contributed by atoms with Gasteiger partial charge in [-0.1, -0.05) is 0 Å². The monoisotopic (exact) mass is 260 g/mol. The zero-order valence-corrected chi connectivity index (χ0v) is 10.9. The number of anilines is 1. The maximum absolute atomic E-state index is 11.3. The molecule has 2 aromatic rings. The summed E-state index contributed by atoms with van der Waals surface area (Å²) >= 11 is 0. The fraction of sp³-hybridized carbons (Fsp3) is 0.333. The van der Waals surface area contributed by atoms with E-state index in [2.05, 4.69) is 25.8 Å². The SMILES string of the molecule is CNC(=O)c1ccc(NC(C)Cn2ccnc2)nn1. The Balaban J connectivity index is 1.93.